The summed E-state index contributed by atoms with van der Waals surface area (Å²) in [4.78, 5) is 14.6. The Bertz CT molecular complexity index is 641. The first-order chi connectivity index (χ1) is 10.4. The maximum Gasteiger partial charge on any atom is 0.255 e. The highest BCUT2D eigenvalue weighted by Gasteiger charge is 2.31. The van der Waals surface area contributed by atoms with Crippen LogP contribution in [0.4, 0.5) is 0 Å². The van der Waals surface area contributed by atoms with E-state index < -0.39 is 15.1 Å². The van der Waals surface area contributed by atoms with Crippen molar-refractivity contribution in [1.82, 2.24) is 10.2 Å². The molecular weight excluding hydrogens is 300 g/mol. The predicted octanol–water partition coefficient (Wildman–Crippen LogP) is 1.55. The van der Waals surface area contributed by atoms with Crippen molar-refractivity contribution < 1.29 is 13.2 Å². The van der Waals surface area contributed by atoms with Crippen LogP contribution in [0.3, 0.4) is 0 Å². The lowest BCUT2D eigenvalue weighted by Gasteiger charge is -2.19. The molecule has 1 aliphatic rings. The highest BCUT2D eigenvalue weighted by molar-refractivity contribution is 7.92. The largest absolute Gasteiger partial charge is 0.338 e. The molecule has 1 aromatic carbocycles. The molecule has 0 saturated carbocycles. The molecule has 1 amide bonds. The minimum absolute atomic E-state index is 0.145. The lowest BCUT2D eigenvalue weighted by molar-refractivity contribution is 0.0783. The summed E-state index contributed by atoms with van der Waals surface area (Å²) >= 11 is 0. The molecule has 0 aliphatic carbocycles. The lowest BCUT2D eigenvalue weighted by atomic mass is 10.1. The molecule has 0 spiro atoms. The van der Waals surface area contributed by atoms with Gasteiger partial charge >= 0.3 is 0 Å². The number of sulfone groups is 1. The number of hydrogen-bond acceptors (Lipinski definition) is 4. The van der Waals surface area contributed by atoms with Gasteiger partial charge in [-0.3, -0.25) is 4.79 Å². The van der Waals surface area contributed by atoms with Gasteiger partial charge in [0.1, 0.15) is 0 Å². The number of rotatable bonds is 5. The monoisotopic (exact) mass is 324 g/mol. The molecule has 1 heterocycles. The van der Waals surface area contributed by atoms with Crippen molar-refractivity contribution in [2.75, 3.05) is 26.7 Å². The Morgan fingerprint density at radius 1 is 1.36 bits per heavy atom. The van der Waals surface area contributed by atoms with Gasteiger partial charge in [0, 0.05) is 13.1 Å². The molecule has 0 radical (unpaired) electrons. The minimum atomic E-state index is -3.47. The number of carbonyl (C=O) groups is 1. The van der Waals surface area contributed by atoms with E-state index in [4.69, 9.17) is 0 Å². The van der Waals surface area contributed by atoms with Gasteiger partial charge in [0.05, 0.1) is 15.7 Å². The van der Waals surface area contributed by atoms with E-state index >= 15 is 0 Å². The van der Waals surface area contributed by atoms with Gasteiger partial charge in [-0.15, -0.1) is 0 Å². The number of carbonyl (C=O) groups excluding carboxylic acids is 1. The van der Waals surface area contributed by atoms with Gasteiger partial charge in [-0.05, 0) is 51.9 Å². The van der Waals surface area contributed by atoms with Crippen molar-refractivity contribution in [3.63, 3.8) is 0 Å². The number of nitrogens with one attached hydrogen (secondary N) is 1. The van der Waals surface area contributed by atoms with Crippen LogP contribution in [0.25, 0.3) is 0 Å². The first-order valence-electron chi connectivity index (χ1n) is 7.64. The van der Waals surface area contributed by atoms with Crippen LogP contribution in [0.5, 0.6) is 0 Å². The Morgan fingerprint density at radius 2 is 2.05 bits per heavy atom. The lowest BCUT2D eigenvalue weighted by Crippen LogP contribution is -2.31. The normalized spacial score (nSPS) is 18.9. The van der Waals surface area contributed by atoms with Crippen molar-refractivity contribution in [2.45, 2.75) is 30.4 Å². The summed E-state index contributed by atoms with van der Waals surface area (Å²) in [5.41, 5.74) is 0.293. The fourth-order valence-electron chi connectivity index (χ4n) is 2.79. The van der Waals surface area contributed by atoms with Crippen LogP contribution < -0.4 is 5.32 Å². The van der Waals surface area contributed by atoms with E-state index in [1.807, 2.05) is 7.05 Å². The fourth-order valence-corrected chi connectivity index (χ4v) is 4.03. The zero-order valence-corrected chi connectivity index (χ0v) is 14.2. The van der Waals surface area contributed by atoms with Crippen molar-refractivity contribution in [1.29, 1.82) is 0 Å². The molecule has 0 unspecified atom stereocenters. The third-order valence-corrected chi connectivity index (χ3v) is 6.32. The molecule has 1 N–H and O–H groups in total. The van der Waals surface area contributed by atoms with Gasteiger partial charge in [-0.1, -0.05) is 12.1 Å². The summed E-state index contributed by atoms with van der Waals surface area (Å²) in [5, 5.41) is 2.58. The first kappa shape index (κ1) is 17.0. The van der Waals surface area contributed by atoms with Crippen LogP contribution in [0.15, 0.2) is 29.2 Å². The van der Waals surface area contributed by atoms with E-state index in [0.717, 1.165) is 13.0 Å². The van der Waals surface area contributed by atoms with E-state index in [2.05, 4.69) is 5.32 Å². The molecule has 1 fully saturated rings. The van der Waals surface area contributed by atoms with Crippen molar-refractivity contribution in [3.05, 3.63) is 29.8 Å². The number of amides is 1. The van der Waals surface area contributed by atoms with Gasteiger partial charge in [-0.2, -0.15) is 0 Å². The summed E-state index contributed by atoms with van der Waals surface area (Å²) in [6.45, 7) is 5.50. The second kappa shape index (κ2) is 6.79. The molecule has 1 aliphatic heterocycles. The second-order valence-electron chi connectivity index (χ2n) is 6.05. The van der Waals surface area contributed by atoms with Crippen molar-refractivity contribution in [2.24, 2.45) is 5.92 Å². The van der Waals surface area contributed by atoms with Crippen LogP contribution in [-0.2, 0) is 9.84 Å². The first-order valence-corrected chi connectivity index (χ1v) is 9.19. The average molecular weight is 324 g/mol. The van der Waals surface area contributed by atoms with E-state index in [0.29, 0.717) is 24.6 Å². The molecule has 1 saturated heterocycles. The molecule has 122 valence electrons. The van der Waals surface area contributed by atoms with Gasteiger partial charge in [-0.25, -0.2) is 8.42 Å². The summed E-state index contributed by atoms with van der Waals surface area (Å²) in [5.74, 6) is 0.251. The summed E-state index contributed by atoms with van der Waals surface area (Å²) in [6, 6.07) is 6.53. The third-order valence-electron chi connectivity index (χ3n) is 4.11. The van der Waals surface area contributed by atoms with E-state index in [1.165, 1.54) is 6.07 Å². The van der Waals surface area contributed by atoms with Crippen LogP contribution in [0.2, 0.25) is 0 Å². The molecule has 1 aromatic rings. The Kier molecular flexibility index (Phi) is 5.24. The van der Waals surface area contributed by atoms with Gasteiger partial charge in [0.25, 0.3) is 5.91 Å². The molecular formula is C16H24N2O3S. The smallest absolute Gasteiger partial charge is 0.255 e. The molecule has 0 bridgehead atoms. The Labute approximate surface area is 132 Å². The Morgan fingerprint density at radius 3 is 2.68 bits per heavy atom. The Balaban J connectivity index is 2.29. The molecule has 5 nitrogen and oxygen atoms in total. The summed E-state index contributed by atoms with van der Waals surface area (Å²) < 4.78 is 24.9. The standard InChI is InChI=1S/C16H24N2O3S/c1-12(2)22(20,21)15-7-5-4-6-14(15)16(19)18-9-8-13(11-18)10-17-3/h4-7,12-13,17H,8-11H2,1-3H3/t13-/m0/s1. The van der Waals surface area contributed by atoms with Crippen LogP contribution in [0.1, 0.15) is 30.6 Å². The van der Waals surface area contributed by atoms with Crippen molar-refractivity contribution >= 4 is 15.7 Å². The van der Waals surface area contributed by atoms with Gasteiger partial charge < -0.3 is 10.2 Å². The third kappa shape index (κ3) is 3.33. The van der Waals surface area contributed by atoms with Crippen LogP contribution in [0, 0.1) is 5.92 Å². The maximum absolute atomic E-state index is 12.7. The zero-order valence-electron chi connectivity index (χ0n) is 13.4. The number of hydrogen-bond donors (Lipinski definition) is 1. The highest BCUT2D eigenvalue weighted by atomic mass is 32.2. The average Bonchev–Trinajstić information content (AvgIpc) is 2.95. The minimum Gasteiger partial charge on any atom is -0.338 e. The zero-order chi connectivity index (χ0) is 16.3. The van der Waals surface area contributed by atoms with Gasteiger partial charge in [0.15, 0.2) is 9.84 Å². The van der Waals surface area contributed by atoms with Gasteiger partial charge in [0.2, 0.25) is 0 Å². The molecule has 2 rings (SSSR count). The van der Waals surface area contributed by atoms with E-state index in [-0.39, 0.29) is 10.8 Å². The second-order valence-corrected chi connectivity index (χ2v) is 8.53. The molecule has 6 heteroatoms. The van der Waals surface area contributed by atoms with E-state index in [9.17, 15) is 13.2 Å². The van der Waals surface area contributed by atoms with Crippen LogP contribution in [-0.4, -0.2) is 51.2 Å². The summed E-state index contributed by atoms with van der Waals surface area (Å²) in [7, 11) is -1.57. The molecule has 1 atom stereocenters. The maximum atomic E-state index is 12.7. The quantitative estimate of drug-likeness (QED) is 0.892. The predicted molar refractivity (Wildman–Crippen MR) is 86.7 cm³/mol. The highest BCUT2D eigenvalue weighted by Crippen LogP contribution is 2.24. The number of nitrogens with zero attached hydrogens (tertiary/aromatic N) is 1. The topological polar surface area (TPSA) is 66.5 Å². The number of likely N-dealkylation sites (tertiary alicyclic amines) is 1. The fraction of sp³-hybridized carbons (Fsp3) is 0.562. The summed E-state index contributed by atoms with van der Waals surface area (Å²) in [6.07, 6.45) is 0.950. The number of benzene rings is 1. The SMILES string of the molecule is CNC[C@@H]1CCN(C(=O)c2ccccc2S(=O)(=O)C(C)C)C1. The van der Waals surface area contributed by atoms with Crippen molar-refractivity contribution in [3.8, 4) is 0 Å². The Hall–Kier alpha value is -1.40. The van der Waals surface area contributed by atoms with E-state index in [1.54, 1.807) is 36.9 Å². The molecule has 22 heavy (non-hydrogen) atoms. The van der Waals surface area contributed by atoms with Crippen LogP contribution >= 0.6 is 0 Å². The molecule has 0 aromatic heterocycles.